The Balaban J connectivity index is 1.26. The number of hydrogen-bond acceptors (Lipinski definition) is 11. The maximum absolute atomic E-state index is 15.4. The summed E-state index contributed by atoms with van der Waals surface area (Å²) in [5.41, 5.74) is 12.2. The van der Waals surface area contributed by atoms with E-state index >= 15 is 4.39 Å². The number of benzene rings is 1. The Morgan fingerprint density at radius 2 is 1.84 bits per heavy atom. The molecule has 1 atom stereocenters. The first-order valence-electron chi connectivity index (χ1n) is 13.7. The lowest BCUT2D eigenvalue weighted by molar-refractivity contribution is 0.0694. The Bertz CT molecular complexity index is 1780. The highest BCUT2D eigenvalue weighted by Gasteiger charge is 2.32. The standard InChI is InChI=1S/C29H30FN7O6/c1-41-21-8-14(7-15-11-33-29(32)34-25(15)31)9-22(42-2)24(21)43-17-5-6-36(12-17)27-20(30)10-18-23(38)19(28(39)40)13-37(16-3-4-16)26(18)35-27/h8-11,13,16-17H,3-7,12H2,1-2H3,(H,39,40)(H4,31,32,33,34). The van der Waals surface area contributed by atoms with Crippen LogP contribution >= 0.6 is 0 Å². The number of nitrogen functional groups attached to an aromatic ring is 2. The molecule has 1 aliphatic heterocycles. The topological polar surface area (TPSA) is 181 Å². The van der Waals surface area contributed by atoms with E-state index in [-0.39, 0.29) is 40.8 Å². The van der Waals surface area contributed by atoms with Crippen LogP contribution in [0.3, 0.4) is 0 Å². The highest BCUT2D eigenvalue weighted by atomic mass is 19.1. The summed E-state index contributed by atoms with van der Waals surface area (Å²) < 4.78 is 34.7. The molecule has 1 aliphatic carbocycles. The van der Waals surface area contributed by atoms with Gasteiger partial charge in [-0.05, 0) is 36.6 Å². The summed E-state index contributed by atoms with van der Waals surface area (Å²) in [5, 5.41) is 9.44. The van der Waals surface area contributed by atoms with Gasteiger partial charge in [-0.25, -0.2) is 19.2 Å². The highest BCUT2D eigenvalue weighted by Crippen LogP contribution is 2.41. The number of methoxy groups -OCH3 is 2. The molecule has 1 unspecified atom stereocenters. The molecule has 224 valence electrons. The number of halogens is 1. The second-order valence-electron chi connectivity index (χ2n) is 10.6. The third kappa shape index (κ3) is 5.31. The number of fused-ring (bicyclic) bond motifs is 1. The van der Waals surface area contributed by atoms with Crippen molar-refractivity contribution in [2.24, 2.45) is 0 Å². The molecule has 2 aliphatic rings. The van der Waals surface area contributed by atoms with E-state index in [0.29, 0.717) is 48.7 Å². The van der Waals surface area contributed by atoms with Gasteiger partial charge in [-0.3, -0.25) is 4.79 Å². The van der Waals surface area contributed by atoms with Crippen LogP contribution in [0.2, 0.25) is 0 Å². The molecule has 1 aromatic carbocycles. The zero-order valence-electron chi connectivity index (χ0n) is 23.5. The number of carboxylic acid groups (broad SMARTS) is 1. The monoisotopic (exact) mass is 591 g/mol. The summed E-state index contributed by atoms with van der Waals surface area (Å²) in [5.74, 6) is -0.322. The minimum atomic E-state index is -1.35. The van der Waals surface area contributed by atoms with Crippen molar-refractivity contribution in [1.29, 1.82) is 0 Å². The van der Waals surface area contributed by atoms with Gasteiger partial charge in [0, 0.05) is 43.4 Å². The third-order valence-corrected chi connectivity index (χ3v) is 7.67. The Hall–Kier alpha value is -5.14. The van der Waals surface area contributed by atoms with Crippen molar-refractivity contribution in [3.8, 4) is 17.2 Å². The summed E-state index contributed by atoms with van der Waals surface area (Å²) >= 11 is 0. The fraction of sp³-hybridized carbons (Fsp3) is 0.345. The molecule has 3 aromatic heterocycles. The fourth-order valence-electron chi connectivity index (χ4n) is 5.37. The van der Waals surface area contributed by atoms with Crippen LogP contribution in [0.5, 0.6) is 17.2 Å². The van der Waals surface area contributed by atoms with Crippen LogP contribution in [-0.2, 0) is 6.42 Å². The zero-order chi connectivity index (χ0) is 30.4. The maximum atomic E-state index is 15.4. The molecular weight excluding hydrogens is 561 g/mol. The lowest BCUT2D eigenvalue weighted by Crippen LogP contribution is -2.27. The molecule has 0 amide bonds. The van der Waals surface area contributed by atoms with Crippen molar-refractivity contribution in [1.82, 2.24) is 19.5 Å². The van der Waals surface area contributed by atoms with Gasteiger partial charge in [-0.1, -0.05) is 0 Å². The van der Waals surface area contributed by atoms with Gasteiger partial charge in [0.15, 0.2) is 23.1 Å². The molecule has 4 aromatic rings. The van der Waals surface area contributed by atoms with Crippen molar-refractivity contribution in [3.05, 3.63) is 63.3 Å². The molecule has 2 fully saturated rings. The number of rotatable bonds is 9. The second-order valence-corrected chi connectivity index (χ2v) is 10.6. The van der Waals surface area contributed by atoms with Crippen LogP contribution in [0, 0.1) is 5.82 Å². The minimum Gasteiger partial charge on any atom is -0.493 e. The number of pyridine rings is 2. The van der Waals surface area contributed by atoms with Gasteiger partial charge >= 0.3 is 5.97 Å². The smallest absolute Gasteiger partial charge is 0.341 e. The van der Waals surface area contributed by atoms with Gasteiger partial charge < -0.3 is 40.3 Å². The average molecular weight is 592 g/mol. The average Bonchev–Trinajstić information content (AvgIpc) is 3.72. The molecule has 1 saturated carbocycles. The van der Waals surface area contributed by atoms with Gasteiger partial charge in [-0.15, -0.1) is 0 Å². The van der Waals surface area contributed by atoms with Crippen molar-refractivity contribution < 1.29 is 28.5 Å². The number of aromatic carboxylic acids is 1. The minimum absolute atomic E-state index is 0.0218. The second kappa shape index (κ2) is 10.9. The molecule has 1 saturated heterocycles. The van der Waals surface area contributed by atoms with E-state index < -0.39 is 22.8 Å². The molecule has 0 radical (unpaired) electrons. The number of hydrogen-bond donors (Lipinski definition) is 3. The molecule has 5 N–H and O–H groups in total. The van der Waals surface area contributed by atoms with Gasteiger partial charge in [0.05, 0.1) is 26.2 Å². The molecule has 6 rings (SSSR count). The summed E-state index contributed by atoms with van der Waals surface area (Å²) in [7, 11) is 3.05. The zero-order valence-corrected chi connectivity index (χ0v) is 23.5. The SMILES string of the molecule is COc1cc(Cc2cnc(N)nc2N)cc(OC)c1OC1CCN(c2nc3c(cc2F)c(=O)c(C(=O)O)cn3C2CC2)C1. The molecule has 14 heteroatoms. The van der Waals surface area contributed by atoms with E-state index in [4.69, 9.17) is 25.7 Å². The van der Waals surface area contributed by atoms with E-state index in [9.17, 15) is 14.7 Å². The molecule has 0 spiro atoms. The van der Waals surface area contributed by atoms with Crippen LogP contribution in [0.4, 0.5) is 22.0 Å². The van der Waals surface area contributed by atoms with E-state index in [1.807, 2.05) is 12.1 Å². The molecule has 0 bridgehead atoms. The van der Waals surface area contributed by atoms with E-state index in [1.165, 1.54) is 20.4 Å². The number of nitrogens with two attached hydrogens (primary N) is 2. The summed E-state index contributed by atoms with van der Waals surface area (Å²) in [4.78, 5) is 38.8. The molecule has 4 heterocycles. The van der Waals surface area contributed by atoms with Gasteiger partial charge in [-0.2, -0.15) is 4.98 Å². The largest absolute Gasteiger partial charge is 0.493 e. The van der Waals surface area contributed by atoms with Crippen LogP contribution in [-0.4, -0.2) is 64.0 Å². The fourth-order valence-corrected chi connectivity index (χ4v) is 5.37. The van der Waals surface area contributed by atoms with Gasteiger partial charge in [0.25, 0.3) is 0 Å². The normalized spacial score (nSPS) is 16.4. The van der Waals surface area contributed by atoms with E-state index in [2.05, 4.69) is 15.0 Å². The predicted octanol–water partition coefficient (Wildman–Crippen LogP) is 2.79. The number of carboxylic acids is 1. The highest BCUT2D eigenvalue weighted by molar-refractivity contribution is 5.92. The maximum Gasteiger partial charge on any atom is 0.341 e. The lowest BCUT2D eigenvalue weighted by atomic mass is 10.1. The first-order valence-corrected chi connectivity index (χ1v) is 13.7. The van der Waals surface area contributed by atoms with Crippen molar-refractivity contribution in [3.63, 3.8) is 0 Å². The Labute approximate surface area is 244 Å². The van der Waals surface area contributed by atoms with Crippen LogP contribution in [0.15, 0.2) is 35.4 Å². The number of anilines is 3. The van der Waals surface area contributed by atoms with Crippen molar-refractivity contribution in [2.45, 2.75) is 37.8 Å². The van der Waals surface area contributed by atoms with Crippen LogP contribution in [0.1, 0.15) is 46.8 Å². The quantitative estimate of drug-likeness (QED) is 0.259. The summed E-state index contributed by atoms with van der Waals surface area (Å²) in [6.07, 6.45) is 5.15. The van der Waals surface area contributed by atoms with Crippen LogP contribution in [0.25, 0.3) is 11.0 Å². The Kier molecular flexibility index (Phi) is 7.12. The molecule has 13 nitrogen and oxygen atoms in total. The Morgan fingerprint density at radius 1 is 1.12 bits per heavy atom. The number of aromatic nitrogens is 4. The first kappa shape index (κ1) is 28.0. The van der Waals surface area contributed by atoms with Gasteiger partial charge in [0.1, 0.15) is 23.1 Å². The van der Waals surface area contributed by atoms with E-state index in [1.54, 1.807) is 15.7 Å². The number of ether oxygens (including phenoxy) is 3. The number of carbonyl (C=O) groups is 1. The Morgan fingerprint density at radius 3 is 2.47 bits per heavy atom. The first-order chi connectivity index (χ1) is 20.7. The van der Waals surface area contributed by atoms with Crippen molar-refractivity contribution in [2.75, 3.05) is 43.7 Å². The summed E-state index contributed by atoms with van der Waals surface area (Å²) in [6.45, 7) is 0.754. The summed E-state index contributed by atoms with van der Waals surface area (Å²) in [6, 6.07) is 4.73. The molecular formula is C29H30FN7O6. The number of nitrogens with zero attached hydrogens (tertiary/aromatic N) is 5. The third-order valence-electron chi connectivity index (χ3n) is 7.67. The van der Waals surface area contributed by atoms with E-state index in [0.717, 1.165) is 24.5 Å². The lowest BCUT2D eigenvalue weighted by Gasteiger charge is -2.22. The molecule has 43 heavy (non-hydrogen) atoms. The van der Waals surface area contributed by atoms with Crippen molar-refractivity contribution >= 4 is 34.6 Å². The predicted molar refractivity (Wildman–Crippen MR) is 156 cm³/mol. The van der Waals surface area contributed by atoms with Crippen LogP contribution < -0.4 is 36.0 Å². The van der Waals surface area contributed by atoms with Gasteiger partial charge in [0.2, 0.25) is 17.1 Å².